The zero-order chi connectivity index (χ0) is 7.90. The number of fused-ring (bicyclic) bond motifs is 3. The first-order chi connectivity index (χ1) is 5.27. The van der Waals surface area contributed by atoms with Crippen molar-refractivity contribution in [1.82, 2.24) is 0 Å². The maximum atomic E-state index is 9.00. The second-order valence-electron chi connectivity index (χ2n) is 3.91. The molecule has 0 N–H and O–H groups in total. The van der Waals surface area contributed by atoms with E-state index >= 15 is 0 Å². The number of nitriles is 1. The molecule has 0 spiro atoms. The van der Waals surface area contributed by atoms with Crippen LogP contribution in [0.25, 0.3) is 0 Å². The van der Waals surface area contributed by atoms with E-state index in [1.54, 1.807) is 0 Å². The third-order valence-corrected chi connectivity index (χ3v) is 3.96. The van der Waals surface area contributed by atoms with Gasteiger partial charge in [-0.3, -0.25) is 0 Å². The summed E-state index contributed by atoms with van der Waals surface area (Å²) in [5, 5.41) is 9.14. The topological polar surface area (TPSA) is 23.8 Å². The fourth-order valence-corrected chi connectivity index (χ4v) is 2.96. The van der Waals surface area contributed by atoms with Crippen LogP contribution in [0.15, 0.2) is 0 Å². The molecule has 3 saturated carbocycles. The van der Waals surface area contributed by atoms with Gasteiger partial charge >= 0.3 is 0 Å². The Balaban J connectivity index is 2.25. The quantitative estimate of drug-likeness (QED) is 0.512. The number of alkyl halides is 1. The number of hydrogen-bond donors (Lipinski definition) is 0. The number of hydrogen-bond acceptors (Lipinski definition) is 1. The Hall–Kier alpha value is -0.220. The van der Waals surface area contributed by atoms with Gasteiger partial charge in [-0.15, -0.1) is 11.6 Å². The Morgan fingerprint density at radius 2 is 2.00 bits per heavy atom. The van der Waals surface area contributed by atoms with Crippen LogP contribution in [0.1, 0.15) is 32.1 Å². The molecule has 0 aliphatic heterocycles. The van der Waals surface area contributed by atoms with Crippen LogP contribution in [0.5, 0.6) is 0 Å². The molecule has 3 fully saturated rings. The molecule has 60 valence electrons. The van der Waals surface area contributed by atoms with Crippen molar-refractivity contribution in [2.75, 3.05) is 0 Å². The van der Waals surface area contributed by atoms with Crippen LogP contribution in [0, 0.1) is 22.7 Å². The highest BCUT2D eigenvalue weighted by atomic mass is 35.5. The van der Waals surface area contributed by atoms with Crippen molar-refractivity contribution in [3.8, 4) is 6.07 Å². The fourth-order valence-electron chi connectivity index (χ4n) is 2.44. The standard InChI is InChI=1S/C9H12ClN/c10-8-5-7-1-3-9(8,6-11)4-2-7/h7-8H,1-5H2/t7?,8-,9?/m1/s1. The molecule has 0 unspecified atom stereocenters. The summed E-state index contributed by atoms with van der Waals surface area (Å²) >= 11 is 6.15. The normalized spacial score (nSPS) is 48.7. The summed E-state index contributed by atoms with van der Waals surface area (Å²) in [7, 11) is 0. The molecule has 1 nitrogen and oxygen atoms in total. The van der Waals surface area contributed by atoms with Crippen molar-refractivity contribution in [2.45, 2.75) is 37.5 Å². The monoisotopic (exact) mass is 169 g/mol. The maximum absolute atomic E-state index is 9.00. The Morgan fingerprint density at radius 1 is 1.36 bits per heavy atom. The van der Waals surface area contributed by atoms with Gasteiger partial charge in [0.2, 0.25) is 0 Å². The van der Waals surface area contributed by atoms with Gasteiger partial charge in [-0.2, -0.15) is 5.26 Å². The van der Waals surface area contributed by atoms with Crippen LogP contribution in [-0.4, -0.2) is 5.38 Å². The van der Waals surface area contributed by atoms with Crippen molar-refractivity contribution >= 4 is 11.6 Å². The first-order valence-electron chi connectivity index (χ1n) is 4.32. The van der Waals surface area contributed by atoms with E-state index in [9.17, 15) is 0 Å². The van der Waals surface area contributed by atoms with E-state index < -0.39 is 0 Å². The minimum atomic E-state index is -0.143. The van der Waals surface area contributed by atoms with Crippen LogP contribution in [-0.2, 0) is 0 Å². The number of nitrogens with zero attached hydrogens (tertiary/aromatic N) is 1. The van der Waals surface area contributed by atoms with Gasteiger partial charge in [-0.25, -0.2) is 0 Å². The zero-order valence-corrected chi connectivity index (χ0v) is 7.27. The molecular formula is C9H12ClN. The first kappa shape index (κ1) is 7.43. The van der Waals surface area contributed by atoms with Gasteiger partial charge in [-0.05, 0) is 38.0 Å². The van der Waals surface area contributed by atoms with Gasteiger partial charge in [0.1, 0.15) is 0 Å². The van der Waals surface area contributed by atoms with E-state index in [-0.39, 0.29) is 10.8 Å². The summed E-state index contributed by atoms with van der Waals surface area (Å²) in [6, 6.07) is 2.42. The molecule has 3 rings (SSSR count). The van der Waals surface area contributed by atoms with Crippen LogP contribution in [0.3, 0.4) is 0 Å². The average Bonchev–Trinajstić information content (AvgIpc) is 2.07. The van der Waals surface area contributed by atoms with Crippen molar-refractivity contribution < 1.29 is 0 Å². The first-order valence-corrected chi connectivity index (χ1v) is 4.76. The summed E-state index contributed by atoms with van der Waals surface area (Å²) in [6.07, 6.45) is 5.63. The summed E-state index contributed by atoms with van der Waals surface area (Å²) in [5.41, 5.74) is -0.143. The summed E-state index contributed by atoms with van der Waals surface area (Å²) in [4.78, 5) is 0. The molecule has 2 bridgehead atoms. The number of rotatable bonds is 0. The van der Waals surface area contributed by atoms with E-state index in [0.29, 0.717) is 0 Å². The lowest BCUT2D eigenvalue weighted by molar-refractivity contribution is 0.123. The van der Waals surface area contributed by atoms with Crippen LogP contribution < -0.4 is 0 Å². The van der Waals surface area contributed by atoms with Gasteiger partial charge in [-0.1, -0.05) is 0 Å². The second-order valence-corrected chi connectivity index (χ2v) is 4.44. The summed E-state index contributed by atoms with van der Waals surface area (Å²) < 4.78 is 0. The highest BCUT2D eigenvalue weighted by Gasteiger charge is 2.47. The Kier molecular flexibility index (Phi) is 1.61. The minimum Gasteiger partial charge on any atom is -0.198 e. The van der Waals surface area contributed by atoms with Crippen molar-refractivity contribution in [3.63, 3.8) is 0 Å². The molecule has 0 saturated heterocycles. The highest BCUT2D eigenvalue weighted by Crippen LogP contribution is 2.51. The molecule has 0 radical (unpaired) electrons. The van der Waals surface area contributed by atoms with E-state index in [0.717, 1.165) is 25.2 Å². The van der Waals surface area contributed by atoms with Crippen LogP contribution in [0.2, 0.25) is 0 Å². The van der Waals surface area contributed by atoms with Crippen molar-refractivity contribution in [1.29, 1.82) is 5.26 Å². The predicted octanol–water partition coefficient (Wildman–Crippen LogP) is 2.70. The molecule has 11 heavy (non-hydrogen) atoms. The average molecular weight is 170 g/mol. The lowest BCUT2D eigenvalue weighted by atomic mass is 9.61. The minimum absolute atomic E-state index is 0.139. The summed E-state index contributed by atoms with van der Waals surface area (Å²) in [5.74, 6) is 0.827. The largest absolute Gasteiger partial charge is 0.198 e. The van der Waals surface area contributed by atoms with Gasteiger partial charge in [0.25, 0.3) is 0 Å². The SMILES string of the molecule is N#CC12CCC(CC1)C[C@H]2Cl. The van der Waals surface area contributed by atoms with Crippen LogP contribution >= 0.6 is 11.6 Å². The molecule has 1 atom stereocenters. The van der Waals surface area contributed by atoms with Crippen molar-refractivity contribution in [3.05, 3.63) is 0 Å². The van der Waals surface area contributed by atoms with E-state index in [1.165, 1.54) is 12.8 Å². The van der Waals surface area contributed by atoms with E-state index in [4.69, 9.17) is 16.9 Å². The molecule has 0 aromatic carbocycles. The lowest BCUT2D eigenvalue weighted by Gasteiger charge is -2.45. The predicted molar refractivity (Wildman–Crippen MR) is 44.3 cm³/mol. The lowest BCUT2D eigenvalue weighted by Crippen LogP contribution is -2.41. The van der Waals surface area contributed by atoms with Crippen molar-refractivity contribution in [2.24, 2.45) is 11.3 Å². The van der Waals surface area contributed by atoms with Gasteiger partial charge in [0, 0.05) is 0 Å². The smallest absolute Gasteiger partial charge is 0.0737 e. The Morgan fingerprint density at radius 3 is 2.36 bits per heavy atom. The van der Waals surface area contributed by atoms with Crippen LogP contribution in [0.4, 0.5) is 0 Å². The Bertz CT molecular complexity index is 198. The van der Waals surface area contributed by atoms with Gasteiger partial charge in [0.15, 0.2) is 0 Å². The van der Waals surface area contributed by atoms with E-state index in [1.807, 2.05) is 0 Å². The molecule has 0 aromatic rings. The van der Waals surface area contributed by atoms with Gasteiger partial charge in [0.05, 0.1) is 16.9 Å². The third-order valence-electron chi connectivity index (χ3n) is 3.36. The molecule has 3 aliphatic rings. The summed E-state index contributed by atoms with van der Waals surface area (Å²) in [6.45, 7) is 0. The molecule has 3 aliphatic carbocycles. The fraction of sp³-hybridized carbons (Fsp3) is 0.889. The molecule has 0 aromatic heterocycles. The van der Waals surface area contributed by atoms with E-state index in [2.05, 4.69) is 6.07 Å². The molecular weight excluding hydrogens is 158 g/mol. The van der Waals surface area contributed by atoms with Gasteiger partial charge < -0.3 is 0 Å². The third kappa shape index (κ3) is 0.964. The second kappa shape index (κ2) is 2.38. The molecule has 0 heterocycles. The highest BCUT2D eigenvalue weighted by molar-refractivity contribution is 6.21. The maximum Gasteiger partial charge on any atom is 0.0737 e. The zero-order valence-electron chi connectivity index (χ0n) is 6.52. The Labute approximate surface area is 72.3 Å². The number of halogens is 1. The molecule has 0 amide bonds. The molecule has 2 heteroatoms.